The van der Waals surface area contributed by atoms with Crippen molar-refractivity contribution in [1.29, 1.82) is 0 Å². The summed E-state index contributed by atoms with van der Waals surface area (Å²) < 4.78 is 0. The van der Waals surface area contributed by atoms with Crippen LogP contribution in [0.2, 0.25) is 0 Å². The molecule has 1 aromatic rings. The Bertz CT molecular complexity index is 446. The van der Waals surface area contributed by atoms with Crippen LogP contribution in [-0.4, -0.2) is 10.8 Å². The number of nitrogens with one attached hydrogen (secondary N) is 2. The zero-order valence-electron chi connectivity index (χ0n) is 12.1. The smallest absolute Gasteiger partial charge is 0.187 e. The monoisotopic (exact) mass is 289 g/mol. The summed E-state index contributed by atoms with van der Waals surface area (Å²) in [6.07, 6.45) is 6.03. The van der Waals surface area contributed by atoms with Crippen molar-refractivity contribution in [2.45, 2.75) is 45.6 Å². The second-order valence-corrected chi connectivity index (χ2v) is 5.72. The van der Waals surface area contributed by atoms with Crippen LogP contribution in [0.1, 0.15) is 44.6 Å². The number of hydrogen-bond acceptors (Lipinski definition) is 2. The van der Waals surface area contributed by atoms with Crippen molar-refractivity contribution in [3.63, 3.8) is 0 Å². The minimum Gasteiger partial charge on any atom is -0.357 e. The van der Waals surface area contributed by atoms with E-state index in [2.05, 4.69) is 34.9 Å². The number of rotatable bonds is 4. The van der Waals surface area contributed by atoms with Crippen molar-refractivity contribution in [1.82, 2.24) is 10.7 Å². The Labute approximate surface area is 126 Å². The Kier molecular flexibility index (Phi) is 5.99. The topological polar surface area (TPSA) is 36.4 Å². The van der Waals surface area contributed by atoms with Crippen LogP contribution < -0.4 is 10.7 Å². The summed E-state index contributed by atoms with van der Waals surface area (Å²) in [5.41, 5.74) is 5.43. The third kappa shape index (κ3) is 4.93. The van der Waals surface area contributed by atoms with Gasteiger partial charge >= 0.3 is 0 Å². The maximum absolute atomic E-state index is 5.24. The predicted molar refractivity (Wildman–Crippen MR) is 88.7 cm³/mol. The molecule has 20 heavy (non-hydrogen) atoms. The number of hydrazone groups is 1. The third-order valence-corrected chi connectivity index (χ3v) is 4.11. The minimum atomic E-state index is 0.596. The van der Waals surface area contributed by atoms with E-state index in [0.29, 0.717) is 5.11 Å². The van der Waals surface area contributed by atoms with E-state index in [0.717, 1.165) is 25.3 Å². The van der Waals surface area contributed by atoms with Gasteiger partial charge in [0.1, 0.15) is 0 Å². The Morgan fingerprint density at radius 2 is 1.95 bits per heavy atom. The maximum atomic E-state index is 5.24. The molecule has 2 rings (SSSR count). The van der Waals surface area contributed by atoms with Gasteiger partial charge in [-0.1, -0.05) is 43.7 Å². The zero-order chi connectivity index (χ0) is 14.2. The van der Waals surface area contributed by atoms with Gasteiger partial charge in [-0.3, -0.25) is 5.43 Å². The lowest BCUT2D eigenvalue weighted by atomic mass is 9.86. The average molecular weight is 289 g/mol. The Hall–Kier alpha value is -1.42. The third-order valence-electron chi connectivity index (χ3n) is 3.87. The second kappa shape index (κ2) is 8.00. The van der Waals surface area contributed by atoms with Gasteiger partial charge in [-0.2, -0.15) is 5.10 Å². The number of benzene rings is 1. The quantitative estimate of drug-likeness (QED) is 0.657. The summed E-state index contributed by atoms with van der Waals surface area (Å²) in [6.45, 7) is 3.00. The highest BCUT2D eigenvalue weighted by Gasteiger charge is 2.15. The molecule has 0 aliphatic heterocycles. The molecule has 2 N–H and O–H groups in total. The number of nitrogens with zero attached hydrogens (tertiary/aromatic N) is 1. The largest absolute Gasteiger partial charge is 0.357 e. The van der Waals surface area contributed by atoms with Gasteiger partial charge < -0.3 is 5.32 Å². The fraction of sp³-hybridized carbons (Fsp3) is 0.500. The van der Waals surface area contributed by atoms with Gasteiger partial charge in [0.05, 0.1) is 0 Å². The average Bonchev–Trinajstić information content (AvgIpc) is 2.52. The Balaban J connectivity index is 1.70. The van der Waals surface area contributed by atoms with Crippen molar-refractivity contribution < 1.29 is 0 Å². The molecule has 0 unspecified atom stereocenters. The van der Waals surface area contributed by atoms with Gasteiger partial charge in [-0.25, -0.2) is 0 Å². The first kappa shape index (κ1) is 15.0. The molecule has 3 nitrogen and oxygen atoms in total. The van der Waals surface area contributed by atoms with Gasteiger partial charge in [0.2, 0.25) is 0 Å². The molecule has 1 fully saturated rings. The number of hydrogen-bond donors (Lipinski definition) is 2. The molecule has 4 heteroatoms. The van der Waals surface area contributed by atoms with E-state index in [9.17, 15) is 0 Å². The summed E-state index contributed by atoms with van der Waals surface area (Å²) in [6, 6.07) is 10.2. The molecule has 0 amide bonds. The fourth-order valence-corrected chi connectivity index (χ4v) is 2.60. The van der Waals surface area contributed by atoms with Crippen LogP contribution in [0.15, 0.2) is 35.4 Å². The molecule has 1 aromatic carbocycles. The summed E-state index contributed by atoms with van der Waals surface area (Å²) in [4.78, 5) is 0. The summed E-state index contributed by atoms with van der Waals surface area (Å²) in [7, 11) is 0. The summed E-state index contributed by atoms with van der Waals surface area (Å²) in [5, 5.41) is 8.20. The lowest BCUT2D eigenvalue weighted by Gasteiger charge is -2.21. The zero-order valence-corrected chi connectivity index (χ0v) is 12.9. The standard InChI is InChI=1S/C16H23N3S/c1-2-13-8-10-15(11-9-13)18-19-16(20)17-12-14-6-4-3-5-7-14/h3-7,13H,2,8-12H2,1H3,(H2,17,19,20). The highest BCUT2D eigenvalue weighted by molar-refractivity contribution is 7.80. The highest BCUT2D eigenvalue weighted by atomic mass is 32.1. The second-order valence-electron chi connectivity index (χ2n) is 5.31. The van der Waals surface area contributed by atoms with E-state index >= 15 is 0 Å². The lowest BCUT2D eigenvalue weighted by molar-refractivity contribution is 0.428. The van der Waals surface area contributed by atoms with Crippen molar-refractivity contribution in [2.24, 2.45) is 11.0 Å². The van der Waals surface area contributed by atoms with E-state index in [-0.39, 0.29) is 0 Å². The van der Waals surface area contributed by atoms with E-state index < -0.39 is 0 Å². The van der Waals surface area contributed by atoms with Crippen LogP contribution in [0.4, 0.5) is 0 Å². The van der Waals surface area contributed by atoms with Crippen molar-refractivity contribution in [3.8, 4) is 0 Å². The molecule has 0 atom stereocenters. The van der Waals surface area contributed by atoms with Crippen molar-refractivity contribution >= 4 is 23.0 Å². The first-order valence-corrected chi connectivity index (χ1v) is 7.82. The van der Waals surface area contributed by atoms with Crippen LogP contribution in [0.25, 0.3) is 0 Å². The molecule has 0 spiro atoms. The van der Waals surface area contributed by atoms with Gasteiger partial charge in [0.25, 0.3) is 0 Å². The molecule has 1 aliphatic rings. The molecule has 0 aromatic heterocycles. The van der Waals surface area contributed by atoms with Crippen molar-refractivity contribution in [2.75, 3.05) is 0 Å². The molecule has 0 bridgehead atoms. The van der Waals surface area contributed by atoms with Crippen molar-refractivity contribution in [3.05, 3.63) is 35.9 Å². The molecule has 0 heterocycles. The molecule has 1 aliphatic carbocycles. The molecule has 108 valence electrons. The fourth-order valence-electron chi connectivity index (χ4n) is 2.48. The first-order valence-electron chi connectivity index (χ1n) is 7.41. The number of thiocarbonyl (C=S) groups is 1. The first-order chi connectivity index (χ1) is 9.78. The lowest BCUT2D eigenvalue weighted by Crippen LogP contribution is -2.32. The van der Waals surface area contributed by atoms with E-state index in [1.54, 1.807) is 0 Å². The van der Waals surface area contributed by atoms with E-state index in [1.165, 1.54) is 30.5 Å². The van der Waals surface area contributed by atoms with Gasteiger partial charge in [0.15, 0.2) is 5.11 Å². The van der Waals surface area contributed by atoms with E-state index in [4.69, 9.17) is 12.2 Å². The molecule has 0 radical (unpaired) electrons. The van der Waals surface area contributed by atoms with Gasteiger partial charge in [-0.05, 0) is 49.4 Å². The minimum absolute atomic E-state index is 0.596. The molecular formula is C16H23N3S. The molecule has 1 saturated carbocycles. The van der Waals surface area contributed by atoms with Gasteiger partial charge in [-0.15, -0.1) is 0 Å². The van der Waals surface area contributed by atoms with Crippen LogP contribution in [-0.2, 0) is 6.54 Å². The predicted octanol–water partition coefficient (Wildman–Crippen LogP) is 3.61. The SMILES string of the molecule is CCC1CCC(=NNC(=S)NCc2ccccc2)CC1. The normalized spacial score (nSPS) is 18.4. The molecular weight excluding hydrogens is 266 g/mol. The molecule has 0 saturated heterocycles. The Morgan fingerprint density at radius 3 is 2.60 bits per heavy atom. The van der Waals surface area contributed by atoms with E-state index in [1.807, 2.05) is 18.2 Å². The van der Waals surface area contributed by atoms with Crippen LogP contribution in [0.3, 0.4) is 0 Å². The maximum Gasteiger partial charge on any atom is 0.187 e. The van der Waals surface area contributed by atoms with Crippen LogP contribution in [0, 0.1) is 5.92 Å². The highest BCUT2D eigenvalue weighted by Crippen LogP contribution is 2.24. The summed E-state index contributed by atoms with van der Waals surface area (Å²) in [5.74, 6) is 0.886. The summed E-state index contributed by atoms with van der Waals surface area (Å²) >= 11 is 5.24. The van der Waals surface area contributed by atoms with Crippen LogP contribution >= 0.6 is 12.2 Å². The Morgan fingerprint density at radius 1 is 1.25 bits per heavy atom. The van der Waals surface area contributed by atoms with Crippen LogP contribution in [0.5, 0.6) is 0 Å². The van der Waals surface area contributed by atoms with Gasteiger partial charge in [0, 0.05) is 12.3 Å².